The van der Waals surface area contributed by atoms with Crippen molar-refractivity contribution < 1.29 is 4.92 Å². The van der Waals surface area contributed by atoms with Gasteiger partial charge in [0.2, 0.25) is 0 Å². The van der Waals surface area contributed by atoms with Gasteiger partial charge in [0.25, 0.3) is 5.69 Å². The first-order chi connectivity index (χ1) is 10.1. The Bertz CT molecular complexity index is 610. The lowest BCUT2D eigenvalue weighted by Gasteiger charge is -2.29. The minimum absolute atomic E-state index is 0.148. The summed E-state index contributed by atoms with van der Waals surface area (Å²) in [6.45, 7) is 2.12. The Balaban J connectivity index is 1.75. The number of aromatic nitrogens is 1. The zero-order chi connectivity index (χ0) is 15.0. The van der Waals surface area contributed by atoms with Crippen molar-refractivity contribution in [1.29, 1.82) is 5.26 Å². The Morgan fingerprint density at radius 2 is 2.33 bits per heavy atom. The molecule has 0 aliphatic heterocycles. The number of hydrogen-bond acceptors (Lipinski definition) is 5. The lowest BCUT2D eigenvalue weighted by atomic mass is 9.84. The van der Waals surface area contributed by atoms with E-state index in [0.717, 1.165) is 11.8 Å². The van der Waals surface area contributed by atoms with Gasteiger partial charge in [0, 0.05) is 12.1 Å². The number of nitriles is 1. The van der Waals surface area contributed by atoms with Crippen molar-refractivity contribution in [3.8, 4) is 6.07 Å². The van der Waals surface area contributed by atoms with Gasteiger partial charge >= 0.3 is 0 Å². The first-order valence-corrected chi connectivity index (χ1v) is 7.39. The molecule has 2 fully saturated rings. The third-order valence-electron chi connectivity index (χ3n) is 5.00. The van der Waals surface area contributed by atoms with Gasteiger partial charge in [0.1, 0.15) is 23.6 Å². The number of fused-ring (bicyclic) bond motifs is 2. The van der Waals surface area contributed by atoms with Gasteiger partial charge in [-0.3, -0.25) is 10.1 Å². The number of hydrogen-bond donors (Lipinski definition) is 1. The normalized spacial score (nSPS) is 28.1. The summed E-state index contributed by atoms with van der Waals surface area (Å²) in [5, 5.41) is 23.2. The van der Waals surface area contributed by atoms with Gasteiger partial charge in [-0.1, -0.05) is 6.42 Å². The third-order valence-corrected chi connectivity index (χ3v) is 5.00. The van der Waals surface area contributed by atoms with Crippen LogP contribution in [0.5, 0.6) is 0 Å². The largest absolute Gasteiger partial charge is 0.366 e. The third kappa shape index (κ3) is 2.56. The fraction of sp³-hybridized carbons (Fsp3) is 0.600. The molecule has 0 amide bonds. The molecular weight excluding hydrogens is 268 g/mol. The van der Waals surface area contributed by atoms with Crippen molar-refractivity contribution in [3.05, 3.63) is 27.9 Å². The summed E-state index contributed by atoms with van der Waals surface area (Å²) in [5.41, 5.74) is 0.0869. The highest BCUT2D eigenvalue weighted by Gasteiger charge is 2.41. The molecule has 1 heterocycles. The average molecular weight is 286 g/mol. The van der Waals surface area contributed by atoms with E-state index in [4.69, 9.17) is 5.26 Å². The Labute approximate surface area is 123 Å². The number of nitro groups is 1. The van der Waals surface area contributed by atoms with Gasteiger partial charge < -0.3 is 5.32 Å². The monoisotopic (exact) mass is 286 g/mol. The summed E-state index contributed by atoms with van der Waals surface area (Å²) in [7, 11) is 0. The number of anilines is 1. The van der Waals surface area contributed by atoms with Gasteiger partial charge in [0.15, 0.2) is 0 Å². The van der Waals surface area contributed by atoms with E-state index < -0.39 is 4.92 Å². The van der Waals surface area contributed by atoms with E-state index >= 15 is 0 Å². The SMILES string of the molecule is CC(Nc1ncc([N+](=O)[O-])cc1C#N)C1CC2CCC1C2. The molecule has 2 bridgehead atoms. The summed E-state index contributed by atoms with van der Waals surface area (Å²) in [6.07, 6.45) is 6.44. The number of nitrogens with one attached hydrogen (secondary N) is 1. The summed E-state index contributed by atoms with van der Waals surface area (Å²) >= 11 is 0. The van der Waals surface area contributed by atoms with E-state index in [1.54, 1.807) is 0 Å². The zero-order valence-corrected chi connectivity index (χ0v) is 12.0. The van der Waals surface area contributed by atoms with Crippen molar-refractivity contribution in [2.45, 2.75) is 38.6 Å². The molecule has 0 aromatic carbocycles. The Morgan fingerprint density at radius 1 is 1.52 bits per heavy atom. The quantitative estimate of drug-likeness (QED) is 0.678. The standard InChI is InChI=1S/C15H18N4O2/c1-9(14-5-10-2-3-11(14)4-10)18-15-12(7-16)6-13(8-17-15)19(20)21/h6,8-11,14H,2-5H2,1H3,(H,17,18). The van der Waals surface area contributed by atoms with Crippen LogP contribution in [0.4, 0.5) is 11.5 Å². The molecule has 21 heavy (non-hydrogen) atoms. The maximum absolute atomic E-state index is 10.7. The molecule has 1 aromatic heterocycles. The molecule has 4 atom stereocenters. The van der Waals surface area contributed by atoms with Gasteiger partial charge in [-0.25, -0.2) is 4.98 Å². The second-order valence-electron chi connectivity index (χ2n) is 6.23. The molecule has 2 aliphatic carbocycles. The molecule has 2 aliphatic rings. The second kappa shape index (κ2) is 5.32. The van der Waals surface area contributed by atoms with Crippen LogP contribution in [-0.2, 0) is 0 Å². The smallest absolute Gasteiger partial charge is 0.289 e. The molecule has 0 spiro atoms. The minimum Gasteiger partial charge on any atom is -0.366 e. The van der Waals surface area contributed by atoms with Crippen LogP contribution < -0.4 is 5.32 Å². The predicted octanol–water partition coefficient (Wildman–Crippen LogP) is 3.10. The van der Waals surface area contributed by atoms with Crippen LogP contribution >= 0.6 is 0 Å². The molecule has 6 nitrogen and oxygen atoms in total. The van der Waals surface area contributed by atoms with E-state index in [0.29, 0.717) is 11.7 Å². The average Bonchev–Trinajstić information content (AvgIpc) is 3.10. The summed E-state index contributed by atoms with van der Waals surface area (Å²) in [6, 6.07) is 3.51. The molecule has 0 radical (unpaired) electrons. The first-order valence-electron chi connectivity index (χ1n) is 7.39. The van der Waals surface area contributed by atoms with Crippen molar-refractivity contribution in [3.63, 3.8) is 0 Å². The van der Waals surface area contributed by atoms with Crippen LogP contribution in [0.15, 0.2) is 12.3 Å². The molecule has 4 unspecified atom stereocenters. The van der Waals surface area contributed by atoms with Crippen LogP contribution in [0.3, 0.4) is 0 Å². The highest BCUT2D eigenvalue weighted by Crippen LogP contribution is 2.49. The molecule has 3 rings (SSSR count). The van der Waals surface area contributed by atoms with Crippen LogP contribution in [0, 0.1) is 39.2 Å². The minimum atomic E-state index is -0.531. The van der Waals surface area contributed by atoms with Crippen LogP contribution in [-0.4, -0.2) is 15.9 Å². The molecule has 1 N–H and O–H groups in total. The van der Waals surface area contributed by atoms with Crippen molar-refractivity contribution in [2.75, 3.05) is 5.32 Å². The predicted molar refractivity (Wildman–Crippen MR) is 77.6 cm³/mol. The molecule has 1 aromatic rings. The maximum atomic E-state index is 10.7. The van der Waals surface area contributed by atoms with Crippen LogP contribution in [0.2, 0.25) is 0 Å². The van der Waals surface area contributed by atoms with Crippen LogP contribution in [0.25, 0.3) is 0 Å². The highest BCUT2D eigenvalue weighted by molar-refractivity contribution is 5.56. The van der Waals surface area contributed by atoms with E-state index in [1.165, 1.54) is 37.9 Å². The number of nitrogens with zero attached hydrogens (tertiary/aromatic N) is 3. The molecule has 2 saturated carbocycles. The van der Waals surface area contributed by atoms with Crippen molar-refractivity contribution in [1.82, 2.24) is 4.98 Å². The number of pyridine rings is 1. The Hall–Kier alpha value is -2.16. The zero-order valence-electron chi connectivity index (χ0n) is 12.0. The lowest BCUT2D eigenvalue weighted by molar-refractivity contribution is -0.385. The maximum Gasteiger partial charge on any atom is 0.289 e. The fourth-order valence-corrected chi connectivity index (χ4v) is 3.98. The molecule has 0 saturated heterocycles. The fourth-order valence-electron chi connectivity index (χ4n) is 3.98. The summed E-state index contributed by atoms with van der Waals surface area (Å²) in [5.74, 6) is 2.72. The van der Waals surface area contributed by atoms with E-state index in [-0.39, 0.29) is 17.3 Å². The van der Waals surface area contributed by atoms with E-state index in [1.807, 2.05) is 6.07 Å². The molecule has 6 heteroatoms. The number of rotatable bonds is 4. The topological polar surface area (TPSA) is 91.8 Å². The van der Waals surface area contributed by atoms with Crippen LogP contribution in [0.1, 0.15) is 38.2 Å². The van der Waals surface area contributed by atoms with Crippen molar-refractivity contribution in [2.24, 2.45) is 17.8 Å². The van der Waals surface area contributed by atoms with E-state index in [2.05, 4.69) is 17.2 Å². The van der Waals surface area contributed by atoms with E-state index in [9.17, 15) is 10.1 Å². The summed E-state index contributed by atoms with van der Waals surface area (Å²) in [4.78, 5) is 14.3. The molecular formula is C15H18N4O2. The van der Waals surface area contributed by atoms with Crippen molar-refractivity contribution >= 4 is 11.5 Å². The summed E-state index contributed by atoms with van der Waals surface area (Å²) < 4.78 is 0. The second-order valence-corrected chi connectivity index (χ2v) is 6.23. The molecule has 110 valence electrons. The highest BCUT2D eigenvalue weighted by atomic mass is 16.6. The van der Waals surface area contributed by atoms with Gasteiger partial charge in [-0.2, -0.15) is 5.26 Å². The lowest BCUT2D eigenvalue weighted by Crippen LogP contribution is -2.30. The van der Waals surface area contributed by atoms with Gasteiger partial charge in [-0.15, -0.1) is 0 Å². The Morgan fingerprint density at radius 3 is 2.90 bits per heavy atom. The van der Waals surface area contributed by atoms with Gasteiger partial charge in [0.05, 0.1) is 4.92 Å². The Kier molecular flexibility index (Phi) is 3.50. The van der Waals surface area contributed by atoms with Gasteiger partial charge in [-0.05, 0) is 43.9 Å². The first kappa shape index (κ1) is 13.8.